The van der Waals surface area contributed by atoms with Gasteiger partial charge in [0.15, 0.2) is 5.13 Å². The van der Waals surface area contributed by atoms with Gasteiger partial charge in [-0.3, -0.25) is 4.90 Å². The molecule has 7 nitrogen and oxygen atoms in total. The number of rotatable bonds is 8. The number of hydrogen-bond donors (Lipinski definition) is 2. The predicted molar refractivity (Wildman–Crippen MR) is 102 cm³/mol. The van der Waals surface area contributed by atoms with Crippen LogP contribution in [0, 0.1) is 0 Å². The van der Waals surface area contributed by atoms with Crippen molar-refractivity contribution in [3.63, 3.8) is 0 Å². The molecule has 3 N–H and O–H groups in total. The van der Waals surface area contributed by atoms with Crippen LogP contribution in [-0.2, 0) is 11.3 Å². The maximum Gasteiger partial charge on any atom is 0.190 e. The van der Waals surface area contributed by atoms with Crippen LogP contribution in [0.3, 0.4) is 0 Å². The van der Waals surface area contributed by atoms with Crippen molar-refractivity contribution in [3.05, 3.63) is 36.0 Å². The van der Waals surface area contributed by atoms with Crippen molar-refractivity contribution in [1.82, 2.24) is 19.9 Å². The molecule has 0 bridgehead atoms. The number of likely N-dealkylation sites (N-methyl/N-ethyl adjacent to an activating group) is 1. The Balaban J connectivity index is 1.76. The summed E-state index contributed by atoms with van der Waals surface area (Å²) in [5.41, 5.74) is 7.96. The standard InChI is InChI=1S/C17H22N6OS/c1-3-23(7-8-24-2)11-12-9-14(18)21-15(10-12)22-17-20-13-5-4-6-19-16(13)25-17/h4-6,9-10H,3,7-8,11H2,1-2H3,(H3,18,20,21,22). The van der Waals surface area contributed by atoms with Crippen LogP contribution in [0.1, 0.15) is 12.5 Å². The lowest BCUT2D eigenvalue weighted by molar-refractivity contribution is 0.147. The second-order valence-electron chi connectivity index (χ2n) is 5.62. The number of nitrogens with one attached hydrogen (secondary N) is 1. The van der Waals surface area contributed by atoms with Crippen LogP contribution in [0.25, 0.3) is 10.3 Å². The van der Waals surface area contributed by atoms with Crippen LogP contribution in [0.2, 0.25) is 0 Å². The molecule has 3 aromatic heterocycles. The van der Waals surface area contributed by atoms with E-state index in [9.17, 15) is 0 Å². The number of fused-ring (bicyclic) bond motifs is 1. The molecule has 0 radical (unpaired) electrons. The van der Waals surface area contributed by atoms with Gasteiger partial charge < -0.3 is 15.8 Å². The minimum absolute atomic E-state index is 0.488. The molecule has 0 unspecified atom stereocenters. The normalized spacial score (nSPS) is 11.3. The van der Waals surface area contributed by atoms with Gasteiger partial charge in [-0.1, -0.05) is 18.3 Å². The van der Waals surface area contributed by atoms with Gasteiger partial charge in [-0.25, -0.2) is 15.0 Å². The average Bonchev–Trinajstić information content (AvgIpc) is 3.00. The Bertz CT molecular complexity index is 804. The number of thiazole rings is 1. The largest absolute Gasteiger partial charge is 0.384 e. The molecule has 132 valence electrons. The summed E-state index contributed by atoms with van der Waals surface area (Å²) in [6.45, 7) is 5.45. The second kappa shape index (κ2) is 8.19. The molecule has 0 aromatic carbocycles. The molecular weight excluding hydrogens is 336 g/mol. The van der Waals surface area contributed by atoms with Crippen LogP contribution in [0.4, 0.5) is 16.8 Å². The molecule has 0 saturated heterocycles. The highest BCUT2D eigenvalue weighted by Gasteiger charge is 2.09. The zero-order chi connectivity index (χ0) is 17.6. The van der Waals surface area contributed by atoms with E-state index in [0.717, 1.165) is 40.7 Å². The molecule has 0 aliphatic rings. The number of methoxy groups -OCH3 is 1. The van der Waals surface area contributed by atoms with Crippen molar-refractivity contribution >= 4 is 38.5 Å². The highest BCUT2D eigenvalue weighted by atomic mass is 32.1. The quantitative estimate of drug-likeness (QED) is 0.640. The predicted octanol–water partition coefficient (Wildman–Crippen LogP) is 2.88. The molecule has 0 spiro atoms. The Kier molecular flexibility index (Phi) is 5.75. The van der Waals surface area contributed by atoms with Gasteiger partial charge in [0.05, 0.1) is 6.61 Å². The Labute approximate surface area is 150 Å². The molecule has 3 heterocycles. The molecule has 0 fully saturated rings. The van der Waals surface area contributed by atoms with Gasteiger partial charge in [-0.15, -0.1) is 0 Å². The van der Waals surface area contributed by atoms with Crippen LogP contribution < -0.4 is 11.1 Å². The molecule has 25 heavy (non-hydrogen) atoms. The Morgan fingerprint density at radius 3 is 2.96 bits per heavy atom. The molecular formula is C17H22N6OS. The first-order valence-electron chi connectivity index (χ1n) is 8.14. The molecule has 3 aromatic rings. The van der Waals surface area contributed by atoms with E-state index in [0.29, 0.717) is 18.2 Å². The molecule has 0 aliphatic heterocycles. The van der Waals surface area contributed by atoms with Gasteiger partial charge in [-0.05, 0) is 36.4 Å². The van der Waals surface area contributed by atoms with Crippen molar-refractivity contribution in [3.8, 4) is 0 Å². The van der Waals surface area contributed by atoms with E-state index in [4.69, 9.17) is 10.5 Å². The molecule has 0 saturated carbocycles. The third-order valence-corrected chi connectivity index (χ3v) is 4.67. The summed E-state index contributed by atoms with van der Waals surface area (Å²) in [6, 6.07) is 7.73. The van der Waals surface area contributed by atoms with Crippen molar-refractivity contribution in [2.24, 2.45) is 0 Å². The number of ether oxygens (including phenoxy) is 1. The Morgan fingerprint density at radius 1 is 1.32 bits per heavy atom. The zero-order valence-electron chi connectivity index (χ0n) is 14.4. The topological polar surface area (TPSA) is 89.2 Å². The van der Waals surface area contributed by atoms with Crippen LogP contribution in [0.5, 0.6) is 0 Å². The molecule has 3 rings (SSSR count). The fourth-order valence-electron chi connectivity index (χ4n) is 2.53. The van der Waals surface area contributed by atoms with E-state index in [1.54, 1.807) is 13.3 Å². The van der Waals surface area contributed by atoms with Gasteiger partial charge in [0.1, 0.15) is 22.0 Å². The van der Waals surface area contributed by atoms with Gasteiger partial charge in [0, 0.05) is 26.4 Å². The number of aromatic nitrogens is 3. The summed E-state index contributed by atoms with van der Waals surface area (Å²) in [4.78, 5) is 16.4. The van der Waals surface area contributed by atoms with E-state index < -0.39 is 0 Å². The minimum atomic E-state index is 0.488. The van der Waals surface area contributed by atoms with E-state index in [1.807, 2.05) is 24.3 Å². The maximum atomic E-state index is 5.98. The number of nitrogens with two attached hydrogens (primary N) is 1. The fourth-order valence-corrected chi connectivity index (χ4v) is 3.34. The van der Waals surface area contributed by atoms with Crippen LogP contribution in [0.15, 0.2) is 30.5 Å². The number of nitrogen functional groups attached to an aromatic ring is 1. The summed E-state index contributed by atoms with van der Waals surface area (Å²) in [7, 11) is 1.72. The first kappa shape index (κ1) is 17.5. The summed E-state index contributed by atoms with van der Waals surface area (Å²) in [5, 5.41) is 4.00. The van der Waals surface area contributed by atoms with Gasteiger partial charge in [-0.2, -0.15) is 0 Å². The Hall–Kier alpha value is -2.29. The number of hydrogen-bond acceptors (Lipinski definition) is 8. The van der Waals surface area contributed by atoms with Gasteiger partial charge in [0.25, 0.3) is 0 Å². The van der Waals surface area contributed by atoms with E-state index in [1.165, 1.54) is 11.3 Å². The van der Waals surface area contributed by atoms with E-state index in [-0.39, 0.29) is 0 Å². The maximum absolute atomic E-state index is 5.98. The number of nitrogens with zero attached hydrogens (tertiary/aromatic N) is 4. The van der Waals surface area contributed by atoms with E-state index in [2.05, 4.69) is 32.1 Å². The van der Waals surface area contributed by atoms with Crippen LogP contribution >= 0.6 is 11.3 Å². The lowest BCUT2D eigenvalue weighted by Crippen LogP contribution is -2.26. The van der Waals surface area contributed by atoms with Crippen LogP contribution in [-0.4, -0.2) is 46.7 Å². The minimum Gasteiger partial charge on any atom is -0.384 e. The lowest BCUT2D eigenvalue weighted by atomic mass is 10.2. The molecule has 0 atom stereocenters. The summed E-state index contributed by atoms with van der Waals surface area (Å²) in [5.74, 6) is 1.18. The molecule has 0 amide bonds. The average molecular weight is 358 g/mol. The van der Waals surface area contributed by atoms with Crippen molar-refractivity contribution in [1.29, 1.82) is 0 Å². The lowest BCUT2D eigenvalue weighted by Gasteiger charge is -2.20. The first-order valence-corrected chi connectivity index (χ1v) is 8.96. The molecule has 0 aliphatic carbocycles. The number of anilines is 3. The fraction of sp³-hybridized carbons (Fsp3) is 0.353. The van der Waals surface area contributed by atoms with E-state index >= 15 is 0 Å². The number of pyridine rings is 2. The third kappa shape index (κ3) is 4.62. The second-order valence-corrected chi connectivity index (χ2v) is 6.60. The third-order valence-electron chi connectivity index (χ3n) is 3.77. The zero-order valence-corrected chi connectivity index (χ0v) is 15.2. The first-order chi connectivity index (χ1) is 12.2. The highest BCUT2D eigenvalue weighted by molar-refractivity contribution is 7.21. The summed E-state index contributed by atoms with van der Waals surface area (Å²) >= 11 is 1.49. The smallest absolute Gasteiger partial charge is 0.190 e. The summed E-state index contributed by atoms with van der Waals surface area (Å²) < 4.78 is 5.16. The van der Waals surface area contributed by atoms with Crippen molar-refractivity contribution in [2.45, 2.75) is 13.5 Å². The molecule has 8 heteroatoms. The SMILES string of the molecule is CCN(CCOC)Cc1cc(N)nc(Nc2nc3cccnc3s2)c1. The van der Waals surface area contributed by atoms with Crippen molar-refractivity contribution < 1.29 is 4.74 Å². The van der Waals surface area contributed by atoms with Gasteiger partial charge in [0.2, 0.25) is 0 Å². The Morgan fingerprint density at radius 2 is 2.20 bits per heavy atom. The monoisotopic (exact) mass is 358 g/mol. The van der Waals surface area contributed by atoms with Gasteiger partial charge >= 0.3 is 0 Å². The summed E-state index contributed by atoms with van der Waals surface area (Å²) in [6.07, 6.45) is 1.76. The highest BCUT2D eigenvalue weighted by Crippen LogP contribution is 2.26. The van der Waals surface area contributed by atoms with Crippen molar-refractivity contribution in [2.75, 3.05) is 37.9 Å².